The topological polar surface area (TPSA) is 90.6 Å². The summed E-state index contributed by atoms with van der Waals surface area (Å²) in [4.78, 5) is 36.6. The molecule has 0 radical (unpaired) electrons. The van der Waals surface area contributed by atoms with Gasteiger partial charge in [-0.15, -0.1) is 0 Å². The van der Waals surface area contributed by atoms with Crippen LogP contribution >= 0.6 is 11.8 Å². The first-order valence-corrected chi connectivity index (χ1v) is 10.5. The van der Waals surface area contributed by atoms with Crippen LogP contribution in [-0.2, 0) is 9.53 Å². The molecule has 30 heavy (non-hydrogen) atoms. The Morgan fingerprint density at radius 3 is 2.43 bits per heavy atom. The van der Waals surface area contributed by atoms with E-state index in [1.54, 1.807) is 18.7 Å². The number of rotatable bonds is 4. The molecule has 9 heteroatoms. The lowest BCUT2D eigenvalue weighted by Crippen LogP contribution is -2.48. The van der Waals surface area contributed by atoms with Gasteiger partial charge in [0.2, 0.25) is 11.9 Å². The first-order valence-electron chi connectivity index (χ1n) is 9.65. The Labute approximate surface area is 178 Å². The van der Waals surface area contributed by atoms with Gasteiger partial charge in [-0.3, -0.25) is 10.1 Å². The van der Waals surface area contributed by atoms with Crippen molar-refractivity contribution in [3.05, 3.63) is 42.5 Å². The van der Waals surface area contributed by atoms with Crippen LogP contribution < -0.4 is 10.2 Å². The first kappa shape index (κ1) is 20.1. The van der Waals surface area contributed by atoms with E-state index < -0.39 is 6.09 Å². The van der Waals surface area contributed by atoms with Crippen LogP contribution in [0.25, 0.3) is 11.0 Å². The van der Waals surface area contributed by atoms with Gasteiger partial charge in [0.05, 0.1) is 18.1 Å². The molecule has 1 fully saturated rings. The molecule has 0 aliphatic carbocycles. The fourth-order valence-electron chi connectivity index (χ4n) is 3.40. The van der Waals surface area contributed by atoms with Crippen LogP contribution in [0.1, 0.15) is 6.92 Å². The number of imidazole rings is 1. The van der Waals surface area contributed by atoms with Crippen molar-refractivity contribution in [2.75, 3.05) is 43.5 Å². The molecule has 0 spiro atoms. The molecule has 8 nitrogen and oxygen atoms in total. The maximum absolute atomic E-state index is 11.5. The monoisotopic (exact) mass is 425 g/mol. The van der Waals surface area contributed by atoms with Crippen molar-refractivity contribution < 1.29 is 14.3 Å². The summed E-state index contributed by atoms with van der Waals surface area (Å²) < 4.78 is 4.59. The largest absolute Gasteiger partial charge is 0.453 e. The van der Waals surface area contributed by atoms with Gasteiger partial charge in [-0.2, -0.15) is 0 Å². The van der Waals surface area contributed by atoms with Crippen LogP contribution in [0.2, 0.25) is 0 Å². The predicted octanol–water partition coefficient (Wildman–Crippen LogP) is 3.56. The summed E-state index contributed by atoms with van der Waals surface area (Å²) in [5.41, 5.74) is 2.78. The molecule has 0 atom stereocenters. The van der Waals surface area contributed by atoms with E-state index in [9.17, 15) is 9.59 Å². The predicted molar refractivity (Wildman–Crippen MR) is 117 cm³/mol. The number of anilines is 2. The zero-order chi connectivity index (χ0) is 21.1. The minimum Gasteiger partial charge on any atom is -0.453 e. The van der Waals surface area contributed by atoms with Gasteiger partial charge in [0.25, 0.3) is 0 Å². The zero-order valence-electron chi connectivity index (χ0n) is 16.8. The highest BCUT2D eigenvalue weighted by Gasteiger charge is 2.18. The first-order chi connectivity index (χ1) is 14.5. The number of hydrogen-bond donors (Lipinski definition) is 2. The van der Waals surface area contributed by atoms with Crippen molar-refractivity contribution in [1.82, 2.24) is 14.9 Å². The number of aromatic amines is 1. The van der Waals surface area contributed by atoms with E-state index >= 15 is 0 Å². The lowest BCUT2D eigenvalue weighted by molar-refractivity contribution is -0.129. The van der Waals surface area contributed by atoms with Gasteiger partial charge in [0.1, 0.15) is 0 Å². The summed E-state index contributed by atoms with van der Waals surface area (Å²) in [5.74, 6) is 0.497. The molecule has 0 bridgehead atoms. The van der Waals surface area contributed by atoms with E-state index in [1.165, 1.54) is 12.8 Å². The Kier molecular flexibility index (Phi) is 5.80. The van der Waals surface area contributed by atoms with Gasteiger partial charge in [-0.05, 0) is 42.5 Å². The van der Waals surface area contributed by atoms with Crippen molar-refractivity contribution in [2.45, 2.75) is 16.7 Å². The zero-order valence-corrected chi connectivity index (χ0v) is 17.7. The second kappa shape index (κ2) is 8.66. The quantitative estimate of drug-likeness (QED) is 0.664. The Bertz CT molecular complexity index is 1060. The highest BCUT2D eigenvalue weighted by Crippen LogP contribution is 2.31. The van der Waals surface area contributed by atoms with Gasteiger partial charge >= 0.3 is 6.09 Å². The average molecular weight is 426 g/mol. The van der Waals surface area contributed by atoms with Crippen LogP contribution in [0.5, 0.6) is 0 Å². The lowest BCUT2D eigenvalue weighted by atomic mass is 10.2. The average Bonchev–Trinajstić information content (AvgIpc) is 3.15. The third-order valence-electron chi connectivity index (χ3n) is 5.02. The van der Waals surface area contributed by atoms with Crippen LogP contribution in [0.15, 0.2) is 52.3 Å². The molecule has 1 aliphatic rings. The molecule has 2 heterocycles. The molecule has 3 aromatic rings. The number of aromatic nitrogens is 2. The smallest absolute Gasteiger partial charge is 0.413 e. The highest BCUT2D eigenvalue weighted by atomic mass is 32.2. The number of amides is 2. The summed E-state index contributed by atoms with van der Waals surface area (Å²) >= 11 is 1.65. The van der Waals surface area contributed by atoms with Crippen LogP contribution in [0, 0.1) is 0 Å². The van der Waals surface area contributed by atoms with Crippen LogP contribution in [0.3, 0.4) is 0 Å². The molecule has 156 valence electrons. The second-order valence-electron chi connectivity index (χ2n) is 6.97. The minimum absolute atomic E-state index is 0.142. The van der Waals surface area contributed by atoms with Crippen molar-refractivity contribution >= 4 is 46.4 Å². The molecular formula is C21H23N5O3S. The van der Waals surface area contributed by atoms with E-state index in [1.807, 2.05) is 23.1 Å². The van der Waals surface area contributed by atoms with Gasteiger partial charge < -0.3 is 19.5 Å². The highest BCUT2D eigenvalue weighted by molar-refractivity contribution is 7.99. The number of methoxy groups -OCH3 is 1. The van der Waals surface area contributed by atoms with Gasteiger partial charge in [-0.25, -0.2) is 9.78 Å². The molecule has 1 saturated heterocycles. The van der Waals surface area contributed by atoms with Gasteiger partial charge in [-0.1, -0.05) is 11.8 Å². The van der Waals surface area contributed by atoms with E-state index in [0.717, 1.165) is 47.0 Å². The third-order valence-corrected chi connectivity index (χ3v) is 6.02. The molecule has 0 unspecified atom stereocenters. The van der Waals surface area contributed by atoms with E-state index in [0.29, 0.717) is 5.95 Å². The molecule has 2 N–H and O–H groups in total. The van der Waals surface area contributed by atoms with Crippen molar-refractivity contribution in [3.8, 4) is 0 Å². The number of H-pyrrole nitrogens is 1. The number of fused-ring (bicyclic) bond motifs is 1. The minimum atomic E-state index is -0.563. The number of piperazine rings is 1. The molecule has 2 amide bonds. The van der Waals surface area contributed by atoms with Crippen molar-refractivity contribution in [3.63, 3.8) is 0 Å². The van der Waals surface area contributed by atoms with Crippen LogP contribution in [0.4, 0.5) is 16.4 Å². The summed E-state index contributed by atoms with van der Waals surface area (Å²) in [7, 11) is 1.31. The maximum atomic E-state index is 11.5. The standard InChI is InChI=1S/C21H23N5O3S/c1-14(27)25-9-11-26(12-10-25)15-3-5-16(6-4-15)30-17-7-8-18-19(13-17)23-20(22-18)24-21(28)29-2/h3-8,13H,9-12H2,1-2H3,(H2,22,23,24,28). The third kappa shape index (κ3) is 4.51. The Morgan fingerprint density at radius 1 is 1.07 bits per heavy atom. The molecule has 2 aromatic carbocycles. The summed E-state index contributed by atoms with van der Waals surface area (Å²) in [6.45, 7) is 4.86. The van der Waals surface area contributed by atoms with E-state index in [4.69, 9.17) is 0 Å². The molecule has 4 rings (SSSR count). The molecular weight excluding hydrogens is 402 g/mol. The number of carbonyl (C=O) groups is 2. The number of nitrogens with one attached hydrogen (secondary N) is 2. The van der Waals surface area contributed by atoms with E-state index in [2.05, 4.69) is 49.2 Å². The van der Waals surface area contributed by atoms with E-state index in [-0.39, 0.29) is 5.91 Å². The normalized spacial score (nSPS) is 14.1. The van der Waals surface area contributed by atoms with Gasteiger partial charge in [0, 0.05) is 48.6 Å². The summed E-state index contributed by atoms with van der Waals surface area (Å²) in [6, 6.07) is 14.4. The fourth-order valence-corrected chi connectivity index (χ4v) is 4.25. The van der Waals surface area contributed by atoms with Gasteiger partial charge in [0.15, 0.2) is 0 Å². The molecule has 1 aromatic heterocycles. The lowest BCUT2D eigenvalue weighted by Gasteiger charge is -2.35. The second-order valence-corrected chi connectivity index (χ2v) is 8.12. The number of benzene rings is 2. The Balaban J connectivity index is 1.41. The number of ether oxygens (including phenoxy) is 1. The summed E-state index contributed by atoms with van der Waals surface area (Å²) in [6.07, 6.45) is -0.563. The SMILES string of the molecule is COC(=O)Nc1nc2cc(Sc3ccc(N4CCN(C(C)=O)CC4)cc3)ccc2[nH]1. The fraction of sp³-hybridized carbons (Fsp3) is 0.286. The molecule has 1 aliphatic heterocycles. The molecule has 0 saturated carbocycles. The summed E-state index contributed by atoms with van der Waals surface area (Å²) in [5, 5.41) is 2.54. The van der Waals surface area contributed by atoms with Crippen molar-refractivity contribution in [1.29, 1.82) is 0 Å². The maximum Gasteiger partial charge on any atom is 0.413 e. The number of carbonyl (C=O) groups excluding carboxylic acids is 2. The van der Waals surface area contributed by atoms with Crippen LogP contribution in [-0.4, -0.2) is 60.2 Å². The number of nitrogens with zero attached hydrogens (tertiary/aromatic N) is 3. The Morgan fingerprint density at radius 2 is 1.77 bits per heavy atom. The number of hydrogen-bond acceptors (Lipinski definition) is 6. The van der Waals surface area contributed by atoms with Crippen molar-refractivity contribution in [2.24, 2.45) is 0 Å². The Hall–Kier alpha value is -3.20.